The first kappa shape index (κ1) is 14.2. The highest BCUT2D eigenvalue weighted by Gasteiger charge is 2.06. The molecule has 0 aliphatic heterocycles. The molecule has 0 aliphatic carbocycles. The highest BCUT2D eigenvalue weighted by atomic mass is 32.2. The Morgan fingerprint density at radius 2 is 2.12 bits per heavy atom. The molecule has 0 N–H and O–H groups in total. The zero-order valence-corrected chi connectivity index (χ0v) is 11.8. The van der Waals surface area contributed by atoms with Crippen molar-refractivity contribution in [1.29, 1.82) is 0 Å². The average Bonchev–Trinajstić information content (AvgIpc) is 2.15. The molecule has 1 rings (SSSR count). The molecule has 0 atom stereocenters. The van der Waals surface area contributed by atoms with Gasteiger partial charge in [0.2, 0.25) is 5.88 Å². The molecule has 7 heteroatoms. The van der Waals surface area contributed by atoms with Crippen molar-refractivity contribution in [2.75, 3.05) is 24.4 Å². The highest BCUT2D eigenvalue weighted by Crippen LogP contribution is 2.19. The van der Waals surface area contributed by atoms with Gasteiger partial charge in [-0.25, -0.2) is 13.4 Å². The third-order valence-electron chi connectivity index (χ3n) is 1.79. The molecule has 0 amide bonds. The van der Waals surface area contributed by atoms with Crippen LogP contribution in [0.5, 0.6) is 5.88 Å². The van der Waals surface area contributed by atoms with Crippen LogP contribution in [0.15, 0.2) is 11.1 Å². The van der Waals surface area contributed by atoms with Crippen LogP contribution in [0.2, 0.25) is 0 Å². The molecule has 1 aromatic heterocycles. The van der Waals surface area contributed by atoms with Crippen molar-refractivity contribution in [3.05, 3.63) is 11.9 Å². The lowest BCUT2D eigenvalue weighted by atomic mass is 10.6. The first-order valence-electron chi connectivity index (χ1n) is 5.19. The Bertz CT molecular complexity index is 474. The van der Waals surface area contributed by atoms with Crippen molar-refractivity contribution in [2.24, 2.45) is 0 Å². The van der Waals surface area contributed by atoms with Crippen molar-refractivity contribution in [3.8, 4) is 5.88 Å². The fourth-order valence-electron chi connectivity index (χ4n) is 1.11. The van der Waals surface area contributed by atoms with E-state index in [-0.39, 0.29) is 5.75 Å². The van der Waals surface area contributed by atoms with Crippen molar-refractivity contribution >= 4 is 21.6 Å². The lowest BCUT2D eigenvalue weighted by Crippen LogP contribution is -2.05. The Morgan fingerprint density at radius 1 is 1.41 bits per heavy atom. The summed E-state index contributed by atoms with van der Waals surface area (Å²) in [6.45, 7) is 4.21. The minimum atomic E-state index is -2.92. The van der Waals surface area contributed by atoms with Crippen molar-refractivity contribution in [1.82, 2.24) is 9.97 Å². The van der Waals surface area contributed by atoms with Gasteiger partial charge in [0.05, 0.1) is 12.4 Å². The second-order valence-corrected chi connectivity index (χ2v) is 6.88. The number of hydrogen-bond donors (Lipinski definition) is 0. The van der Waals surface area contributed by atoms with Crippen LogP contribution < -0.4 is 4.74 Å². The van der Waals surface area contributed by atoms with Crippen LogP contribution in [-0.2, 0) is 9.84 Å². The van der Waals surface area contributed by atoms with E-state index in [2.05, 4.69) is 9.97 Å². The normalized spacial score (nSPS) is 11.5. The first-order chi connectivity index (χ1) is 7.90. The third kappa shape index (κ3) is 5.88. The second kappa shape index (κ2) is 6.20. The van der Waals surface area contributed by atoms with E-state index in [4.69, 9.17) is 4.74 Å². The van der Waals surface area contributed by atoms with E-state index in [0.717, 1.165) is 5.03 Å². The van der Waals surface area contributed by atoms with E-state index in [9.17, 15) is 8.42 Å². The van der Waals surface area contributed by atoms with Crippen LogP contribution in [0, 0.1) is 6.92 Å². The molecule has 1 heterocycles. The second-order valence-electron chi connectivity index (χ2n) is 3.50. The van der Waals surface area contributed by atoms with Crippen molar-refractivity contribution in [3.63, 3.8) is 0 Å². The number of aromatic nitrogens is 2. The van der Waals surface area contributed by atoms with E-state index in [1.165, 1.54) is 18.0 Å². The predicted octanol–water partition coefficient (Wildman–Crippen LogP) is 1.32. The van der Waals surface area contributed by atoms with Crippen LogP contribution in [0.25, 0.3) is 0 Å². The fourth-order valence-corrected chi connectivity index (χ4v) is 3.24. The zero-order chi connectivity index (χ0) is 12.9. The number of nitrogens with zero attached hydrogens (tertiary/aromatic N) is 2. The summed E-state index contributed by atoms with van der Waals surface area (Å²) >= 11 is 1.39. The minimum absolute atomic E-state index is 0.144. The Balaban J connectivity index is 2.64. The summed E-state index contributed by atoms with van der Waals surface area (Å²) in [5.74, 6) is 1.78. The van der Waals surface area contributed by atoms with Crippen LogP contribution in [-0.4, -0.2) is 42.8 Å². The van der Waals surface area contributed by atoms with Gasteiger partial charge in [0, 0.05) is 18.1 Å². The molecule has 0 bridgehead atoms. The number of rotatable bonds is 6. The fraction of sp³-hybridized carbons (Fsp3) is 0.600. The molecule has 0 unspecified atom stereocenters. The van der Waals surface area contributed by atoms with Crippen molar-refractivity contribution in [2.45, 2.75) is 18.9 Å². The zero-order valence-electron chi connectivity index (χ0n) is 10.1. The molecule has 17 heavy (non-hydrogen) atoms. The molecule has 0 fully saturated rings. The van der Waals surface area contributed by atoms with Gasteiger partial charge in [-0.3, -0.25) is 0 Å². The molecule has 1 aromatic rings. The topological polar surface area (TPSA) is 69.2 Å². The maximum Gasteiger partial charge on any atom is 0.217 e. The monoisotopic (exact) mass is 276 g/mol. The van der Waals surface area contributed by atoms with Gasteiger partial charge in [0.1, 0.15) is 20.7 Å². The van der Waals surface area contributed by atoms with Gasteiger partial charge in [0.25, 0.3) is 0 Å². The molecule has 5 nitrogen and oxygen atoms in total. The predicted molar refractivity (Wildman–Crippen MR) is 68.4 cm³/mol. The summed E-state index contributed by atoms with van der Waals surface area (Å²) in [7, 11) is -2.92. The molecule has 0 saturated heterocycles. The van der Waals surface area contributed by atoms with E-state index in [0.29, 0.717) is 24.1 Å². The number of ether oxygens (including phenoxy) is 1. The van der Waals surface area contributed by atoms with Gasteiger partial charge in [0.15, 0.2) is 0 Å². The van der Waals surface area contributed by atoms with Crippen LogP contribution in [0.1, 0.15) is 12.7 Å². The Morgan fingerprint density at radius 3 is 2.71 bits per heavy atom. The smallest absolute Gasteiger partial charge is 0.217 e. The molecular weight excluding hydrogens is 260 g/mol. The number of aryl methyl sites for hydroxylation is 1. The summed E-state index contributed by atoms with van der Waals surface area (Å²) in [5.41, 5.74) is 0. The van der Waals surface area contributed by atoms with Crippen LogP contribution >= 0.6 is 11.8 Å². The average molecular weight is 276 g/mol. The van der Waals surface area contributed by atoms with Crippen LogP contribution in [0.3, 0.4) is 0 Å². The molecule has 96 valence electrons. The Labute approximate surface area is 106 Å². The summed E-state index contributed by atoms with van der Waals surface area (Å²) in [4.78, 5) is 8.33. The molecule has 0 aromatic carbocycles. The summed E-state index contributed by atoms with van der Waals surface area (Å²) in [5, 5.41) is 0.740. The van der Waals surface area contributed by atoms with Gasteiger partial charge >= 0.3 is 0 Å². The maximum absolute atomic E-state index is 11.0. The van der Waals surface area contributed by atoms with E-state index >= 15 is 0 Å². The summed E-state index contributed by atoms with van der Waals surface area (Å²) in [6.07, 6.45) is 1.23. The molecule has 0 radical (unpaired) electrons. The standard InChI is InChI=1S/C10H16N2O3S2/c1-4-15-9-7-10(12-8(2)11-9)16-5-6-17(3,13)14/h7H,4-6H2,1-3H3. The molecule has 0 saturated carbocycles. The molecule has 0 aliphatic rings. The van der Waals surface area contributed by atoms with Crippen LogP contribution in [0.4, 0.5) is 0 Å². The number of hydrogen-bond acceptors (Lipinski definition) is 6. The van der Waals surface area contributed by atoms with Gasteiger partial charge in [-0.05, 0) is 13.8 Å². The minimum Gasteiger partial charge on any atom is -0.478 e. The molecule has 0 spiro atoms. The number of thioether (sulfide) groups is 1. The lowest BCUT2D eigenvalue weighted by Gasteiger charge is -2.05. The van der Waals surface area contributed by atoms with E-state index in [1.54, 1.807) is 13.0 Å². The third-order valence-corrected chi connectivity index (χ3v) is 3.90. The maximum atomic E-state index is 11.0. The van der Waals surface area contributed by atoms with E-state index in [1.807, 2.05) is 6.92 Å². The highest BCUT2D eigenvalue weighted by molar-refractivity contribution is 8.00. The molecular formula is C10H16N2O3S2. The first-order valence-corrected chi connectivity index (χ1v) is 8.24. The Hall–Kier alpha value is -0.820. The SMILES string of the molecule is CCOc1cc(SCCS(C)(=O)=O)nc(C)n1. The van der Waals surface area contributed by atoms with Gasteiger partial charge in [-0.2, -0.15) is 4.98 Å². The van der Waals surface area contributed by atoms with E-state index < -0.39 is 9.84 Å². The quantitative estimate of drug-likeness (QED) is 0.576. The van der Waals surface area contributed by atoms with Crippen molar-refractivity contribution < 1.29 is 13.2 Å². The van der Waals surface area contributed by atoms with Gasteiger partial charge in [-0.15, -0.1) is 11.8 Å². The summed E-state index contributed by atoms with van der Waals surface area (Å²) < 4.78 is 27.3. The van der Waals surface area contributed by atoms with Gasteiger partial charge in [-0.1, -0.05) is 0 Å². The lowest BCUT2D eigenvalue weighted by molar-refractivity contribution is 0.324. The number of sulfone groups is 1. The Kier molecular flexibility index (Phi) is 5.20. The largest absolute Gasteiger partial charge is 0.478 e. The summed E-state index contributed by atoms with van der Waals surface area (Å²) in [6, 6.07) is 1.73. The van der Waals surface area contributed by atoms with Gasteiger partial charge < -0.3 is 4.74 Å².